The fourth-order valence-electron chi connectivity index (χ4n) is 15.4. The van der Waals surface area contributed by atoms with E-state index in [2.05, 4.69) is 96.0 Å². The number of benzene rings is 4. The van der Waals surface area contributed by atoms with Crippen molar-refractivity contribution in [3.8, 4) is 11.5 Å². The van der Waals surface area contributed by atoms with E-state index in [9.17, 15) is 0 Å². The van der Waals surface area contributed by atoms with Gasteiger partial charge in [0.1, 0.15) is 11.5 Å². The molecule has 4 aromatic rings. The van der Waals surface area contributed by atoms with Crippen LogP contribution < -0.4 is 40.7 Å². The highest BCUT2D eigenvalue weighted by Crippen LogP contribution is 2.63. The van der Waals surface area contributed by atoms with Crippen LogP contribution in [0.15, 0.2) is 60.7 Å². The summed E-state index contributed by atoms with van der Waals surface area (Å²) in [6.07, 6.45) is 21.8. The molecule has 1 radical (unpaired) electrons. The highest BCUT2D eigenvalue weighted by molar-refractivity contribution is 8.00. The second-order valence-electron chi connectivity index (χ2n) is 19.7. The van der Waals surface area contributed by atoms with Gasteiger partial charge in [0.05, 0.1) is 5.69 Å². The minimum atomic E-state index is 0.145. The zero-order chi connectivity index (χ0) is 35.7. The van der Waals surface area contributed by atoms with Crippen LogP contribution >= 0.6 is 23.9 Å². The maximum atomic E-state index is 6.99. The summed E-state index contributed by atoms with van der Waals surface area (Å²) in [5, 5.41) is 0. The van der Waals surface area contributed by atoms with Crippen LogP contribution in [0.4, 0.5) is 22.7 Å². The Morgan fingerprint density at radius 1 is 0.611 bits per heavy atom. The lowest BCUT2D eigenvalue weighted by atomic mass is 9.33. The Morgan fingerprint density at radius 3 is 1.78 bits per heavy atom. The lowest BCUT2D eigenvalue weighted by Gasteiger charge is -2.57. The first-order chi connectivity index (χ1) is 26.4. The van der Waals surface area contributed by atoms with Crippen molar-refractivity contribution in [1.82, 2.24) is 0 Å². The Hall–Kier alpha value is -2.89. The second-order valence-corrected chi connectivity index (χ2v) is 21.1. The second kappa shape index (κ2) is 11.2. The summed E-state index contributed by atoms with van der Waals surface area (Å²) < 4.78 is 12.2. The largest absolute Gasteiger partial charge is 0.458 e. The van der Waals surface area contributed by atoms with Gasteiger partial charge in [-0.25, -0.2) is 0 Å². The van der Waals surface area contributed by atoms with Crippen molar-refractivity contribution in [2.24, 2.45) is 35.5 Å². The van der Waals surface area contributed by atoms with E-state index in [0.29, 0.717) is 10.8 Å². The molecule has 0 N–H and O–H groups in total. The molecule has 0 atom stereocenters. The van der Waals surface area contributed by atoms with Crippen molar-refractivity contribution >= 4 is 88.0 Å². The first kappa shape index (κ1) is 32.2. The number of para-hydroxylation sites is 1. The topological polar surface area (TPSA) is 15.7 Å². The molecule has 3 heterocycles. The maximum absolute atomic E-state index is 6.99. The highest BCUT2D eigenvalue weighted by atomic mass is 32.2. The van der Waals surface area contributed by atoms with Crippen molar-refractivity contribution in [3.05, 3.63) is 77.4 Å². The lowest BCUT2D eigenvalue weighted by molar-refractivity contribution is -0.00532. The van der Waals surface area contributed by atoms with E-state index in [-0.39, 0.29) is 6.71 Å². The minimum absolute atomic E-state index is 0.145. The summed E-state index contributed by atoms with van der Waals surface area (Å²) in [4.78, 5) is 0. The Balaban J connectivity index is 0.969. The molecule has 0 unspecified atom stereocenters. The zero-order valence-electron chi connectivity index (χ0n) is 32.0. The number of nitrogens with zero attached hydrogens (tertiary/aromatic N) is 2. The molecule has 0 spiro atoms. The number of anilines is 4. The van der Waals surface area contributed by atoms with Crippen molar-refractivity contribution < 1.29 is 4.74 Å². The average molecular weight is 744 g/mol. The van der Waals surface area contributed by atoms with Gasteiger partial charge in [0, 0.05) is 29.6 Å². The maximum Gasteiger partial charge on any atom is 0.256 e. The van der Waals surface area contributed by atoms with Crippen LogP contribution in [0.1, 0.15) is 93.7 Å². The van der Waals surface area contributed by atoms with Gasteiger partial charge in [-0.3, -0.25) is 8.61 Å². The molecule has 7 heteroatoms. The fraction of sp³-hybridized carbons (Fsp3) is 0.489. The van der Waals surface area contributed by atoms with Gasteiger partial charge in [-0.1, -0.05) is 46.8 Å². The molecular weight excluding hydrogens is 694 g/mol. The Morgan fingerprint density at radius 2 is 1.17 bits per heavy atom. The summed E-state index contributed by atoms with van der Waals surface area (Å²) in [5.41, 5.74) is 17.5. The molecule has 54 heavy (non-hydrogen) atoms. The van der Waals surface area contributed by atoms with E-state index in [0.717, 1.165) is 47.0 Å². The molecule has 0 amide bonds. The molecule has 271 valence electrons. The standard InChI is InChI=1S/C47H49B2N2OS2/c1-26-8-33(46-20-27-9-28(21-46)11-29(10-27)22-46)15-40-44(26)48-35-18-37-39(19-38(35)50(40)53-2)51(54-3)41-16-34(47-23-30-12-31(24-47)14-32(13-30)25-47)17-43-45(41)49(37)36-6-4-5-7-42(36)52-43/h4-8,15-19,27-32H,9-14,20-25H2,1-3H3. The van der Waals surface area contributed by atoms with E-state index >= 15 is 0 Å². The van der Waals surface area contributed by atoms with Gasteiger partial charge in [0.25, 0.3) is 6.71 Å². The summed E-state index contributed by atoms with van der Waals surface area (Å²) >= 11 is 3.75. The molecule has 0 aromatic heterocycles. The average Bonchev–Trinajstić information content (AvgIpc) is 3.15. The first-order valence-electron chi connectivity index (χ1n) is 21.2. The number of aryl methyl sites for hydroxylation is 1. The Kier molecular flexibility index (Phi) is 6.65. The van der Waals surface area contributed by atoms with Crippen molar-refractivity contribution in [1.29, 1.82) is 0 Å². The first-order valence-corrected chi connectivity index (χ1v) is 23.6. The molecule has 8 fully saturated rings. The summed E-state index contributed by atoms with van der Waals surface area (Å²) in [6, 6.07) is 24.4. The number of fused-ring (bicyclic) bond motifs is 6. The van der Waals surface area contributed by atoms with Crippen molar-refractivity contribution in [3.63, 3.8) is 0 Å². The number of rotatable bonds is 4. The quantitative estimate of drug-likeness (QED) is 0.135. The van der Waals surface area contributed by atoms with Crippen LogP contribution in [-0.4, -0.2) is 26.5 Å². The molecular formula is C47H49B2N2OS2. The van der Waals surface area contributed by atoms with Crippen LogP contribution in [0.2, 0.25) is 0 Å². The molecule has 15 rings (SSSR count). The molecule has 8 bridgehead atoms. The Labute approximate surface area is 331 Å². The smallest absolute Gasteiger partial charge is 0.256 e. The summed E-state index contributed by atoms with van der Waals surface area (Å²) in [5.74, 6) is 7.69. The van der Waals surface area contributed by atoms with Crippen molar-refractivity contribution in [2.45, 2.75) is 94.8 Å². The van der Waals surface area contributed by atoms with Gasteiger partial charge >= 0.3 is 0 Å². The molecule has 4 aromatic carbocycles. The molecule has 8 saturated carbocycles. The van der Waals surface area contributed by atoms with Crippen LogP contribution in [0, 0.1) is 42.4 Å². The van der Waals surface area contributed by atoms with Gasteiger partial charge in [-0.2, -0.15) is 0 Å². The third kappa shape index (κ3) is 4.33. The van der Waals surface area contributed by atoms with Crippen LogP contribution in [-0.2, 0) is 10.8 Å². The van der Waals surface area contributed by atoms with Gasteiger partial charge in [0.2, 0.25) is 0 Å². The summed E-state index contributed by atoms with van der Waals surface area (Å²) in [7, 11) is 2.53. The van der Waals surface area contributed by atoms with E-state index in [1.165, 1.54) is 133 Å². The lowest BCUT2D eigenvalue weighted by Crippen LogP contribution is -2.60. The molecule has 8 aliphatic carbocycles. The summed E-state index contributed by atoms with van der Waals surface area (Å²) in [6.45, 7) is 2.53. The Bertz CT molecular complexity index is 2230. The molecule has 3 aliphatic heterocycles. The van der Waals surface area contributed by atoms with Gasteiger partial charge in [-0.05, 0) is 212 Å². The monoisotopic (exact) mass is 743 g/mol. The van der Waals surface area contributed by atoms with E-state index in [1.54, 1.807) is 11.1 Å². The van der Waals surface area contributed by atoms with Crippen LogP contribution in [0.3, 0.4) is 0 Å². The normalized spacial score (nSPS) is 33.8. The van der Waals surface area contributed by atoms with E-state index < -0.39 is 0 Å². The minimum Gasteiger partial charge on any atom is -0.458 e. The third-order valence-corrected chi connectivity index (χ3v) is 18.1. The van der Waals surface area contributed by atoms with Gasteiger partial charge in [-0.15, -0.1) is 0 Å². The number of ether oxygens (including phenoxy) is 1. The third-order valence-electron chi connectivity index (χ3n) is 16.6. The van der Waals surface area contributed by atoms with Crippen LogP contribution in [0.5, 0.6) is 11.5 Å². The number of hydrogen-bond acceptors (Lipinski definition) is 5. The predicted octanol–water partition coefficient (Wildman–Crippen LogP) is 8.67. The zero-order valence-corrected chi connectivity index (χ0v) is 33.6. The van der Waals surface area contributed by atoms with Crippen LogP contribution in [0.25, 0.3) is 0 Å². The molecule has 0 saturated heterocycles. The fourth-order valence-corrected chi connectivity index (χ4v) is 16.8. The van der Waals surface area contributed by atoms with E-state index in [1.807, 2.05) is 23.9 Å². The van der Waals surface area contributed by atoms with E-state index in [4.69, 9.17) is 4.74 Å². The molecule has 3 nitrogen and oxygen atoms in total. The molecule has 11 aliphatic rings. The SMILES string of the molecule is CSN1c2cc3c(cc2[B]c2c(C)cc(C45CC6CC(CC(C6)C4)C5)cc21)B1c2ccccc2Oc2cc(C45CC6CC(CC(C6)C4)C5)cc(c21)N3SC. The highest BCUT2D eigenvalue weighted by Gasteiger charge is 2.54. The predicted molar refractivity (Wildman–Crippen MR) is 231 cm³/mol. The number of hydrogen-bond donors (Lipinski definition) is 0. The van der Waals surface area contributed by atoms with Gasteiger partial charge in [0.15, 0.2) is 7.28 Å². The van der Waals surface area contributed by atoms with Gasteiger partial charge < -0.3 is 4.74 Å². The van der Waals surface area contributed by atoms with Crippen molar-refractivity contribution in [2.75, 3.05) is 21.1 Å².